The van der Waals surface area contributed by atoms with E-state index in [1.54, 1.807) is 24.1 Å². The Morgan fingerprint density at radius 3 is 2.70 bits per heavy atom. The summed E-state index contributed by atoms with van der Waals surface area (Å²) in [5.74, 6) is 0.0633. The molecule has 0 bridgehead atoms. The van der Waals surface area contributed by atoms with E-state index in [0.717, 1.165) is 11.3 Å². The number of aryl methyl sites for hydroxylation is 1. The first-order chi connectivity index (χ1) is 9.37. The molecule has 0 saturated carbocycles. The second kappa shape index (κ2) is 7.44. The van der Waals surface area contributed by atoms with Gasteiger partial charge < -0.3 is 4.74 Å². The highest BCUT2D eigenvalue weighted by molar-refractivity contribution is 7.98. The van der Waals surface area contributed by atoms with Crippen LogP contribution in [0.4, 0.5) is 0 Å². The Balaban J connectivity index is 3.15. The number of hydrogen-bond acceptors (Lipinski definition) is 6. The van der Waals surface area contributed by atoms with Crippen LogP contribution in [-0.2, 0) is 14.8 Å². The van der Waals surface area contributed by atoms with Crippen molar-refractivity contribution in [3.05, 3.63) is 15.8 Å². The van der Waals surface area contributed by atoms with Crippen LogP contribution in [0, 0.1) is 6.92 Å². The number of esters is 1. The lowest BCUT2D eigenvalue weighted by Gasteiger charge is -2.16. The fourth-order valence-electron chi connectivity index (χ4n) is 1.72. The molecule has 0 aliphatic rings. The predicted molar refractivity (Wildman–Crippen MR) is 83.2 cm³/mol. The first-order valence-electron chi connectivity index (χ1n) is 6.05. The number of methoxy groups -OCH3 is 1. The monoisotopic (exact) mass is 337 g/mol. The third-order valence-corrected chi connectivity index (χ3v) is 6.39. The van der Waals surface area contributed by atoms with Crippen molar-refractivity contribution in [2.24, 2.45) is 0 Å². The lowest BCUT2D eigenvalue weighted by atomic mass is 10.3. The fraction of sp³-hybridized carbons (Fsp3) is 0.583. The third kappa shape index (κ3) is 3.97. The Bertz CT molecular complexity index is 565. The summed E-state index contributed by atoms with van der Waals surface area (Å²) >= 11 is 2.66. The average molecular weight is 337 g/mol. The molecule has 1 N–H and O–H groups in total. The van der Waals surface area contributed by atoms with E-state index >= 15 is 0 Å². The van der Waals surface area contributed by atoms with Gasteiger partial charge in [-0.05, 0) is 30.5 Å². The van der Waals surface area contributed by atoms with Crippen LogP contribution in [0.25, 0.3) is 0 Å². The highest BCUT2D eigenvalue weighted by Crippen LogP contribution is 2.27. The maximum atomic E-state index is 12.5. The van der Waals surface area contributed by atoms with Crippen molar-refractivity contribution in [1.82, 2.24) is 4.72 Å². The standard InChI is InChI=1S/C12H19NO4S3/c1-5-9(7-18-4)13-20(15,16)11-8(2)6-19-10(11)12(14)17-3/h6,9,13H,5,7H2,1-4H3. The molecule has 114 valence electrons. The molecular weight excluding hydrogens is 318 g/mol. The number of hydrogen-bond donors (Lipinski definition) is 1. The van der Waals surface area contributed by atoms with Gasteiger partial charge in [-0.25, -0.2) is 17.9 Å². The van der Waals surface area contributed by atoms with Gasteiger partial charge in [0.1, 0.15) is 9.77 Å². The molecule has 1 atom stereocenters. The number of carbonyl (C=O) groups is 1. The zero-order chi connectivity index (χ0) is 15.3. The van der Waals surface area contributed by atoms with Crippen LogP contribution in [-0.4, -0.2) is 39.5 Å². The van der Waals surface area contributed by atoms with E-state index in [2.05, 4.69) is 9.46 Å². The number of thiophene rings is 1. The molecule has 0 radical (unpaired) electrons. The van der Waals surface area contributed by atoms with E-state index in [-0.39, 0.29) is 15.8 Å². The minimum atomic E-state index is -3.72. The largest absolute Gasteiger partial charge is 0.465 e. The van der Waals surface area contributed by atoms with Crippen molar-refractivity contribution in [3.63, 3.8) is 0 Å². The Kier molecular flexibility index (Phi) is 6.50. The molecule has 1 rings (SSSR count). The van der Waals surface area contributed by atoms with Crippen molar-refractivity contribution < 1.29 is 17.9 Å². The Labute approximate surface area is 128 Å². The van der Waals surface area contributed by atoms with Crippen molar-refractivity contribution in [2.45, 2.75) is 31.2 Å². The summed E-state index contributed by atoms with van der Waals surface area (Å²) in [5, 5.41) is 1.65. The topological polar surface area (TPSA) is 72.5 Å². The number of rotatable bonds is 7. The lowest BCUT2D eigenvalue weighted by Crippen LogP contribution is -2.36. The van der Waals surface area contributed by atoms with Crippen LogP contribution in [0.15, 0.2) is 10.3 Å². The highest BCUT2D eigenvalue weighted by atomic mass is 32.2. The van der Waals surface area contributed by atoms with Gasteiger partial charge in [0.05, 0.1) is 7.11 Å². The molecule has 8 heteroatoms. The minimum absolute atomic E-state index is 0.0360. The van der Waals surface area contributed by atoms with Crippen LogP contribution in [0.5, 0.6) is 0 Å². The normalized spacial score (nSPS) is 13.2. The Hall–Kier alpha value is -0.570. The van der Waals surface area contributed by atoms with Crippen molar-refractivity contribution >= 4 is 39.1 Å². The van der Waals surface area contributed by atoms with E-state index in [1.165, 1.54) is 7.11 Å². The van der Waals surface area contributed by atoms with E-state index in [0.29, 0.717) is 17.7 Å². The lowest BCUT2D eigenvalue weighted by molar-refractivity contribution is 0.0602. The molecule has 0 aliphatic heterocycles. The molecule has 0 fully saturated rings. The summed E-state index contributed by atoms with van der Waals surface area (Å²) in [6.45, 7) is 3.60. The van der Waals surface area contributed by atoms with Crippen molar-refractivity contribution in [1.29, 1.82) is 0 Å². The maximum Gasteiger partial charge on any atom is 0.349 e. The van der Waals surface area contributed by atoms with E-state index in [4.69, 9.17) is 0 Å². The zero-order valence-electron chi connectivity index (χ0n) is 11.9. The zero-order valence-corrected chi connectivity index (χ0v) is 14.4. The van der Waals surface area contributed by atoms with Gasteiger partial charge in [0.2, 0.25) is 10.0 Å². The number of sulfonamides is 1. The van der Waals surface area contributed by atoms with Crippen molar-refractivity contribution in [3.8, 4) is 0 Å². The van der Waals surface area contributed by atoms with E-state index in [9.17, 15) is 13.2 Å². The van der Waals surface area contributed by atoms with Gasteiger partial charge in [-0.1, -0.05) is 6.92 Å². The molecule has 0 amide bonds. The molecule has 5 nitrogen and oxygen atoms in total. The first-order valence-corrected chi connectivity index (χ1v) is 9.80. The van der Waals surface area contributed by atoms with Crippen LogP contribution in [0.1, 0.15) is 28.6 Å². The molecule has 1 heterocycles. The number of nitrogens with one attached hydrogen (secondary N) is 1. The van der Waals surface area contributed by atoms with E-state index < -0.39 is 16.0 Å². The molecular formula is C12H19NO4S3. The third-order valence-electron chi connectivity index (χ3n) is 2.74. The highest BCUT2D eigenvalue weighted by Gasteiger charge is 2.29. The number of carbonyl (C=O) groups excluding carboxylic acids is 1. The van der Waals surface area contributed by atoms with Crippen LogP contribution >= 0.6 is 23.1 Å². The van der Waals surface area contributed by atoms with Gasteiger partial charge in [-0.3, -0.25) is 0 Å². The summed E-state index contributed by atoms with van der Waals surface area (Å²) in [5.41, 5.74) is 0.557. The first kappa shape index (κ1) is 17.5. The molecule has 0 aliphatic carbocycles. The molecule has 0 spiro atoms. The van der Waals surface area contributed by atoms with Crippen LogP contribution in [0.2, 0.25) is 0 Å². The fourth-order valence-corrected chi connectivity index (χ4v) is 5.57. The predicted octanol–water partition coefficient (Wildman–Crippen LogP) is 2.26. The van der Waals surface area contributed by atoms with E-state index in [1.807, 2.05) is 13.2 Å². The summed E-state index contributed by atoms with van der Waals surface area (Å²) in [4.78, 5) is 11.8. The second-order valence-corrected chi connectivity index (χ2v) is 7.69. The van der Waals surface area contributed by atoms with Crippen LogP contribution < -0.4 is 4.72 Å². The average Bonchev–Trinajstić information content (AvgIpc) is 2.79. The molecule has 1 aromatic heterocycles. The summed E-state index contributed by atoms with van der Waals surface area (Å²) in [6.07, 6.45) is 2.61. The smallest absolute Gasteiger partial charge is 0.349 e. The molecule has 20 heavy (non-hydrogen) atoms. The molecule has 0 saturated heterocycles. The maximum absolute atomic E-state index is 12.5. The van der Waals surface area contributed by atoms with Gasteiger partial charge in [0.15, 0.2) is 0 Å². The van der Waals surface area contributed by atoms with Gasteiger partial charge in [0, 0.05) is 11.8 Å². The van der Waals surface area contributed by atoms with Gasteiger partial charge >= 0.3 is 5.97 Å². The second-order valence-electron chi connectivity index (χ2n) is 4.25. The molecule has 1 aromatic rings. The molecule has 0 aromatic carbocycles. The summed E-state index contributed by atoms with van der Waals surface area (Å²) in [7, 11) is -2.48. The number of thioether (sulfide) groups is 1. The Morgan fingerprint density at radius 2 is 2.20 bits per heavy atom. The quantitative estimate of drug-likeness (QED) is 0.773. The van der Waals surface area contributed by atoms with Crippen molar-refractivity contribution in [2.75, 3.05) is 19.1 Å². The van der Waals surface area contributed by atoms with Gasteiger partial charge in [0.25, 0.3) is 0 Å². The SMILES string of the molecule is CCC(CSC)NS(=O)(=O)c1c(C)csc1C(=O)OC. The Morgan fingerprint density at radius 1 is 1.55 bits per heavy atom. The van der Waals surface area contributed by atoms with Gasteiger partial charge in [-0.15, -0.1) is 11.3 Å². The summed E-state index contributed by atoms with van der Waals surface area (Å²) in [6, 6.07) is -0.153. The summed E-state index contributed by atoms with van der Waals surface area (Å²) < 4.78 is 32.3. The van der Waals surface area contributed by atoms with Crippen LogP contribution in [0.3, 0.4) is 0 Å². The molecule has 1 unspecified atom stereocenters. The van der Waals surface area contributed by atoms with Gasteiger partial charge in [-0.2, -0.15) is 11.8 Å². The number of ether oxygens (including phenoxy) is 1. The minimum Gasteiger partial charge on any atom is -0.465 e.